The summed E-state index contributed by atoms with van der Waals surface area (Å²) < 4.78 is 11.9. The number of unbranched alkanes of at least 4 members (excludes halogenated alkanes) is 1. The Morgan fingerprint density at radius 2 is 1.75 bits per heavy atom. The number of H-pyrrole nitrogens is 1. The van der Waals surface area contributed by atoms with Crippen molar-refractivity contribution in [1.82, 2.24) is 34.6 Å². The molecular formula is C33H35N7O4. The van der Waals surface area contributed by atoms with Gasteiger partial charge in [-0.1, -0.05) is 61.7 Å². The lowest BCUT2D eigenvalue weighted by atomic mass is 9.99. The van der Waals surface area contributed by atoms with Crippen molar-refractivity contribution in [2.24, 2.45) is 0 Å². The molecule has 1 saturated carbocycles. The lowest BCUT2D eigenvalue weighted by Crippen LogP contribution is -2.31. The van der Waals surface area contributed by atoms with Crippen LogP contribution in [0.3, 0.4) is 0 Å². The van der Waals surface area contributed by atoms with Gasteiger partial charge in [-0.3, -0.25) is 19.3 Å². The van der Waals surface area contributed by atoms with Gasteiger partial charge < -0.3 is 4.74 Å². The Morgan fingerprint density at radius 3 is 2.41 bits per heavy atom. The molecule has 44 heavy (non-hydrogen) atoms. The summed E-state index contributed by atoms with van der Waals surface area (Å²) in [5, 5.41) is 3.84. The Kier molecular flexibility index (Phi) is 8.71. The van der Waals surface area contributed by atoms with Crippen LogP contribution in [0.5, 0.6) is 5.75 Å². The maximum absolute atomic E-state index is 14.4. The van der Waals surface area contributed by atoms with Crippen LogP contribution in [0.4, 0.5) is 0 Å². The molecule has 6 rings (SSSR count). The molecule has 1 aromatic carbocycles. The molecule has 11 heteroatoms. The average molecular weight is 594 g/mol. The molecular weight excluding hydrogens is 558 g/mol. The second kappa shape index (κ2) is 13.2. The Morgan fingerprint density at radius 1 is 0.977 bits per heavy atom. The molecule has 1 N–H and O–H groups in total. The van der Waals surface area contributed by atoms with E-state index in [0.29, 0.717) is 47.4 Å². The Hall–Kier alpha value is -4.93. The Labute approximate surface area is 254 Å². The van der Waals surface area contributed by atoms with Crippen LogP contribution in [0.25, 0.3) is 28.6 Å². The Balaban J connectivity index is 1.39. The molecule has 0 radical (unpaired) electrons. The second-order valence-electron chi connectivity index (χ2n) is 11.0. The monoisotopic (exact) mass is 593 g/mol. The molecule has 5 aromatic rings. The van der Waals surface area contributed by atoms with Crippen molar-refractivity contribution >= 4 is 0 Å². The summed E-state index contributed by atoms with van der Waals surface area (Å²) in [5.74, 6) is 1.53. The van der Waals surface area contributed by atoms with E-state index in [1.54, 1.807) is 23.2 Å². The van der Waals surface area contributed by atoms with Gasteiger partial charge in [0.1, 0.15) is 5.82 Å². The lowest BCUT2D eigenvalue weighted by molar-refractivity contribution is 0.337. The van der Waals surface area contributed by atoms with E-state index >= 15 is 0 Å². The van der Waals surface area contributed by atoms with Crippen molar-refractivity contribution in [3.8, 4) is 34.3 Å². The van der Waals surface area contributed by atoms with E-state index in [1.807, 2.05) is 43.3 Å². The highest BCUT2D eigenvalue weighted by Gasteiger charge is 2.27. The third kappa shape index (κ3) is 6.08. The summed E-state index contributed by atoms with van der Waals surface area (Å²) in [7, 11) is 0. The number of aromatic amines is 1. The summed E-state index contributed by atoms with van der Waals surface area (Å²) in [6.45, 7) is 4.55. The number of pyridine rings is 1. The van der Waals surface area contributed by atoms with Crippen LogP contribution in [0, 0.1) is 0 Å². The van der Waals surface area contributed by atoms with Crippen LogP contribution in [0.15, 0.2) is 69.1 Å². The minimum absolute atomic E-state index is 0.137. The lowest BCUT2D eigenvalue weighted by Gasteiger charge is -2.20. The molecule has 0 aliphatic heterocycles. The van der Waals surface area contributed by atoms with Crippen LogP contribution in [0.1, 0.15) is 80.9 Å². The highest BCUT2D eigenvalue weighted by atomic mass is 16.5. The molecule has 1 aliphatic carbocycles. The number of aromatic nitrogens is 7. The quantitative estimate of drug-likeness (QED) is 0.212. The van der Waals surface area contributed by atoms with E-state index in [9.17, 15) is 9.59 Å². The number of nitrogens with one attached hydrogen (secondary N) is 1. The molecule has 226 valence electrons. The second-order valence-corrected chi connectivity index (χ2v) is 11.0. The molecule has 0 spiro atoms. The van der Waals surface area contributed by atoms with Crippen LogP contribution in [0.2, 0.25) is 0 Å². The van der Waals surface area contributed by atoms with Crippen LogP contribution >= 0.6 is 0 Å². The Bertz CT molecular complexity index is 1840. The predicted octanol–water partition coefficient (Wildman–Crippen LogP) is 5.42. The number of aryl methyl sites for hydroxylation is 1. The first kappa shape index (κ1) is 29.2. The highest BCUT2D eigenvalue weighted by molar-refractivity contribution is 5.78. The van der Waals surface area contributed by atoms with E-state index in [-0.39, 0.29) is 11.5 Å². The first-order chi connectivity index (χ1) is 21.6. The van der Waals surface area contributed by atoms with Gasteiger partial charge in [0, 0.05) is 35.2 Å². The van der Waals surface area contributed by atoms with Crippen molar-refractivity contribution in [2.45, 2.75) is 71.1 Å². The maximum Gasteiger partial charge on any atom is 0.439 e. The molecule has 4 aromatic heterocycles. The van der Waals surface area contributed by atoms with Crippen LogP contribution < -0.4 is 16.1 Å². The molecule has 0 amide bonds. The molecule has 1 fully saturated rings. The number of rotatable bonds is 11. The van der Waals surface area contributed by atoms with Gasteiger partial charge in [-0.15, -0.1) is 0 Å². The van der Waals surface area contributed by atoms with E-state index in [4.69, 9.17) is 19.2 Å². The SMILES string of the molecule is CCCCc1nc(C2CCCC2)n(-c2ncc(OCC)cn2)c(=O)c1Cc1ccc(-c2ccccc2-c2noc(=O)[nH]2)nc1. The maximum atomic E-state index is 14.4. The minimum Gasteiger partial charge on any atom is -0.491 e. The molecule has 0 bridgehead atoms. The summed E-state index contributed by atoms with van der Waals surface area (Å²) in [4.78, 5) is 47.5. The molecule has 4 heterocycles. The molecule has 0 saturated heterocycles. The number of benzene rings is 1. The topological polar surface area (TPSA) is 142 Å². The van der Waals surface area contributed by atoms with Crippen molar-refractivity contribution in [2.75, 3.05) is 6.61 Å². The van der Waals surface area contributed by atoms with Gasteiger partial charge in [-0.2, -0.15) is 0 Å². The summed E-state index contributed by atoms with van der Waals surface area (Å²) in [6, 6.07) is 11.4. The van der Waals surface area contributed by atoms with Crippen LogP contribution in [-0.4, -0.2) is 41.3 Å². The minimum atomic E-state index is -0.620. The summed E-state index contributed by atoms with van der Waals surface area (Å²) in [5.41, 5.74) is 4.41. The fourth-order valence-electron chi connectivity index (χ4n) is 5.82. The van der Waals surface area contributed by atoms with Crippen molar-refractivity contribution in [3.05, 3.63) is 98.5 Å². The van der Waals surface area contributed by atoms with Gasteiger partial charge in [0.15, 0.2) is 11.6 Å². The first-order valence-electron chi connectivity index (χ1n) is 15.3. The fourth-order valence-corrected chi connectivity index (χ4v) is 5.82. The van der Waals surface area contributed by atoms with Crippen molar-refractivity contribution < 1.29 is 9.26 Å². The van der Waals surface area contributed by atoms with E-state index in [0.717, 1.165) is 67.6 Å². The van der Waals surface area contributed by atoms with Gasteiger partial charge in [0.05, 0.1) is 30.4 Å². The average Bonchev–Trinajstić information content (AvgIpc) is 3.75. The van der Waals surface area contributed by atoms with Gasteiger partial charge in [0.2, 0.25) is 5.95 Å². The van der Waals surface area contributed by atoms with Gasteiger partial charge in [0.25, 0.3) is 5.56 Å². The van der Waals surface area contributed by atoms with Gasteiger partial charge in [-0.05, 0) is 44.2 Å². The van der Waals surface area contributed by atoms with E-state index in [1.165, 1.54) is 0 Å². The largest absolute Gasteiger partial charge is 0.491 e. The smallest absolute Gasteiger partial charge is 0.439 e. The van der Waals surface area contributed by atoms with Crippen LogP contribution in [-0.2, 0) is 12.8 Å². The fraction of sp³-hybridized carbons (Fsp3) is 0.364. The standard InChI is InChI=1S/C33H35N7O4/c1-3-5-14-28-26(17-21-15-16-27(34-18-21)24-12-8-9-13-25(24)29-38-33(42)44-39-29)31(41)40(30(37-28)22-10-6-7-11-22)32-35-19-23(20-36-32)43-4-2/h8-9,12-13,15-16,18-20,22H,3-7,10-11,14,17H2,1-2H3,(H,38,39,42). The molecule has 11 nitrogen and oxygen atoms in total. The highest BCUT2D eigenvalue weighted by Crippen LogP contribution is 2.34. The van der Waals surface area contributed by atoms with Gasteiger partial charge in [-0.25, -0.2) is 24.3 Å². The number of ether oxygens (including phenoxy) is 1. The number of nitrogens with zero attached hydrogens (tertiary/aromatic N) is 6. The third-order valence-corrected chi connectivity index (χ3v) is 8.01. The first-order valence-corrected chi connectivity index (χ1v) is 15.3. The third-order valence-electron chi connectivity index (χ3n) is 8.01. The zero-order chi connectivity index (χ0) is 30.5. The molecule has 1 aliphatic rings. The predicted molar refractivity (Wildman–Crippen MR) is 165 cm³/mol. The normalized spacial score (nSPS) is 13.4. The zero-order valence-corrected chi connectivity index (χ0v) is 25.0. The van der Waals surface area contributed by atoms with E-state index < -0.39 is 5.76 Å². The molecule has 0 unspecified atom stereocenters. The number of hydrogen-bond acceptors (Lipinski definition) is 9. The summed E-state index contributed by atoms with van der Waals surface area (Å²) in [6.07, 6.45) is 12.2. The van der Waals surface area contributed by atoms with Crippen molar-refractivity contribution in [1.29, 1.82) is 0 Å². The molecule has 0 atom stereocenters. The zero-order valence-electron chi connectivity index (χ0n) is 25.0. The van der Waals surface area contributed by atoms with E-state index in [2.05, 4.69) is 27.0 Å². The van der Waals surface area contributed by atoms with Crippen molar-refractivity contribution in [3.63, 3.8) is 0 Å². The number of hydrogen-bond donors (Lipinski definition) is 1. The van der Waals surface area contributed by atoms with Gasteiger partial charge >= 0.3 is 5.76 Å². The summed E-state index contributed by atoms with van der Waals surface area (Å²) >= 11 is 0.